The van der Waals surface area contributed by atoms with Crippen molar-refractivity contribution in [3.63, 3.8) is 0 Å². The van der Waals surface area contributed by atoms with Crippen LogP contribution in [0.4, 0.5) is 0 Å². The van der Waals surface area contributed by atoms with Crippen LogP contribution in [0.2, 0.25) is 0 Å². The second-order valence-electron chi connectivity index (χ2n) is 7.38. The topological polar surface area (TPSA) is 53.5 Å². The molecule has 2 aliphatic rings. The van der Waals surface area contributed by atoms with Gasteiger partial charge in [0, 0.05) is 37.5 Å². The fourth-order valence-electron chi connectivity index (χ4n) is 4.41. The molecule has 136 valence electrons. The Morgan fingerprint density at radius 1 is 1.19 bits per heavy atom. The zero-order chi connectivity index (χ0) is 18.1. The highest BCUT2D eigenvalue weighted by atomic mass is 16.2. The SMILES string of the molecule is CCCN1C(=O)CCC2CN(C(=O)c3ccc4ccccc4n3)CCC21. The van der Waals surface area contributed by atoms with E-state index in [2.05, 4.69) is 16.8 Å². The molecule has 0 saturated carbocycles. The van der Waals surface area contributed by atoms with Gasteiger partial charge in [-0.05, 0) is 37.3 Å². The predicted molar refractivity (Wildman–Crippen MR) is 101 cm³/mol. The second-order valence-corrected chi connectivity index (χ2v) is 7.38. The van der Waals surface area contributed by atoms with Gasteiger partial charge in [-0.3, -0.25) is 9.59 Å². The summed E-state index contributed by atoms with van der Waals surface area (Å²) in [7, 11) is 0. The van der Waals surface area contributed by atoms with Gasteiger partial charge in [0.15, 0.2) is 0 Å². The Bertz CT molecular complexity index is 835. The number of benzene rings is 1. The number of nitrogens with zero attached hydrogens (tertiary/aromatic N) is 3. The van der Waals surface area contributed by atoms with Gasteiger partial charge >= 0.3 is 0 Å². The molecule has 4 rings (SSSR count). The van der Waals surface area contributed by atoms with Crippen LogP contribution >= 0.6 is 0 Å². The summed E-state index contributed by atoms with van der Waals surface area (Å²) in [5.74, 6) is 0.676. The van der Waals surface area contributed by atoms with Crippen LogP contribution in [0.5, 0.6) is 0 Å². The van der Waals surface area contributed by atoms with Gasteiger partial charge in [0.25, 0.3) is 5.91 Å². The van der Waals surface area contributed by atoms with E-state index in [1.54, 1.807) is 0 Å². The molecule has 26 heavy (non-hydrogen) atoms. The van der Waals surface area contributed by atoms with E-state index in [0.29, 0.717) is 30.6 Å². The number of pyridine rings is 1. The Hall–Kier alpha value is -2.43. The molecule has 2 aromatic rings. The van der Waals surface area contributed by atoms with Gasteiger partial charge in [0.1, 0.15) is 5.69 Å². The highest BCUT2D eigenvalue weighted by molar-refractivity contribution is 5.95. The molecule has 0 spiro atoms. The highest BCUT2D eigenvalue weighted by Crippen LogP contribution is 2.32. The third-order valence-corrected chi connectivity index (χ3v) is 5.71. The Kier molecular flexibility index (Phi) is 4.62. The number of carbonyl (C=O) groups excluding carboxylic acids is 2. The molecule has 2 amide bonds. The third kappa shape index (κ3) is 3.06. The van der Waals surface area contributed by atoms with E-state index < -0.39 is 0 Å². The van der Waals surface area contributed by atoms with E-state index in [1.165, 1.54) is 0 Å². The van der Waals surface area contributed by atoms with Crippen molar-refractivity contribution in [2.75, 3.05) is 19.6 Å². The van der Waals surface area contributed by atoms with Gasteiger partial charge in [-0.15, -0.1) is 0 Å². The van der Waals surface area contributed by atoms with E-state index in [-0.39, 0.29) is 11.8 Å². The van der Waals surface area contributed by atoms with Crippen molar-refractivity contribution in [3.05, 3.63) is 42.1 Å². The van der Waals surface area contributed by atoms with Crippen LogP contribution < -0.4 is 0 Å². The van der Waals surface area contributed by atoms with Crippen molar-refractivity contribution >= 4 is 22.7 Å². The van der Waals surface area contributed by atoms with Crippen molar-refractivity contribution in [1.82, 2.24) is 14.8 Å². The van der Waals surface area contributed by atoms with Crippen molar-refractivity contribution < 1.29 is 9.59 Å². The molecule has 2 fully saturated rings. The first-order valence-electron chi connectivity index (χ1n) is 9.62. The zero-order valence-electron chi connectivity index (χ0n) is 15.2. The summed E-state index contributed by atoms with van der Waals surface area (Å²) in [4.78, 5) is 33.8. The van der Waals surface area contributed by atoms with E-state index in [1.807, 2.05) is 41.3 Å². The molecule has 1 aromatic carbocycles. The molecule has 0 radical (unpaired) electrons. The molecule has 5 nitrogen and oxygen atoms in total. The third-order valence-electron chi connectivity index (χ3n) is 5.71. The molecule has 1 aromatic heterocycles. The zero-order valence-corrected chi connectivity index (χ0v) is 15.2. The maximum Gasteiger partial charge on any atom is 0.272 e. The predicted octanol–water partition coefficient (Wildman–Crippen LogP) is 3.10. The molecule has 0 aliphatic carbocycles. The van der Waals surface area contributed by atoms with Crippen LogP contribution in [-0.2, 0) is 4.79 Å². The van der Waals surface area contributed by atoms with E-state index in [9.17, 15) is 9.59 Å². The van der Waals surface area contributed by atoms with Gasteiger partial charge < -0.3 is 9.80 Å². The average molecular weight is 351 g/mol. The van der Waals surface area contributed by atoms with Crippen LogP contribution in [0.15, 0.2) is 36.4 Å². The molecule has 2 atom stereocenters. The van der Waals surface area contributed by atoms with Gasteiger partial charge in [-0.25, -0.2) is 4.98 Å². The second kappa shape index (κ2) is 7.06. The number of hydrogen-bond donors (Lipinski definition) is 0. The van der Waals surface area contributed by atoms with Crippen molar-refractivity contribution in [1.29, 1.82) is 0 Å². The fourth-order valence-corrected chi connectivity index (χ4v) is 4.41. The minimum absolute atomic E-state index is 0.00754. The maximum absolute atomic E-state index is 13.0. The summed E-state index contributed by atoms with van der Waals surface area (Å²) >= 11 is 0. The molecule has 2 aliphatic heterocycles. The molecule has 5 heteroatoms. The number of likely N-dealkylation sites (tertiary alicyclic amines) is 2. The Morgan fingerprint density at radius 3 is 2.88 bits per heavy atom. The fraction of sp³-hybridized carbons (Fsp3) is 0.476. The Balaban J connectivity index is 1.50. The van der Waals surface area contributed by atoms with E-state index >= 15 is 0 Å². The normalized spacial score (nSPS) is 23.2. The number of rotatable bonds is 3. The lowest BCUT2D eigenvalue weighted by Gasteiger charge is -2.47. The van der Waals surface area contributed by atoms with Crippen molar-refractivity contribution in [2.45, 2.75) is 38.6 Å². The van der Waals surface area contributed by atoms with Gasteiger partial charge in [-0.2, -0.15) is 0 Å². The largest absolute Gasteiger partial charge is 0.339 e. The lowest BCUT2D eigenvalue weighted by atomic mass is 9.83. The quantitative estimate of drug-likeness (QED) is 0.854. The standard InChI is InChI=1S/C21H25N3O2/c1-2-12-24-19-11-13-23(14-16(19)8-10-20(24)25)21(26)18-9-7-15-5-3-4-6-17(15)22-18/h3-7,9,16,19H,2,8,10-14H2,1H3. The van der Waals surface area contributed by atoms with Crippen LogP contribution in [0.25, 0.3) is 10.9 Å². The maximum atomic E-state index is 13.0. The number of carbonyl (C=O) groups is 2. The number of hydrogen-bond acceptors (Lipinski definition) is 3. The van der Waals surface area contributed by atoms with E-state index in [0.717, 1.165) is 43.3 Å². The number of fused-ring (bicyclic) bond motifs is 2. The summed E-state index contributed by atoms with van der Waals surface area (Å²) in [6.45, 7) is 4.37. The summed E-state index contributed by atoms with van der Waals surface area (Å²) in [5.41, 5.74) is 1.37. The highest BCUT2D eigenvalue weighted by Gasteiger charge is 2.40. The Morgan fingerprint density at radius 2 is 2.04 bits per heavy atom. The molecular formula is C21H25N3O2. The molecule has 2 unspecified atom stereocenters. The first-order valence-corrected chi connectivity index (χ1v) is 9.62. The van der Waals surface area contributed by atoms with Crippen LogP contribution in [0, 0.1) is 5.92 Å². The van der Waals surface area contributed by atoms with Gasteiger partial charge in [0.2, 0.25) is 5.91 Å². The minimum atomic E-state index is 0.00754. The van der Waals surface area contributed by atoms with Crippen LogP contribution in [-0.4, -0.2) is 52.3 Å². The molecule has 0 bridgehead atoms. The van der Waals surface area contributed by atoms with Gasteiger partial charge in [-0.1, -0.05) is 31.2 Å². The Labute approximate surface area is 154 Å². The minimum Gasteiger partial charge on any atom is -0.339 e. The monoisotopic (exact) mass is 351 g/mol. The summed E-state index contributed by atoms with van der Waals surface area (Å²) < 4.78 is 0. The summed E-state index contributed by atoms with van der Waals surface area (Å²) in [5, 5.41) is 1.05. The van der Waals surface area contributed by atoms with Crippen molar-refractivity contribution in [2.24, 2.45) is 5.92 Å². The lowest BCUT2D eigenvalue weighted by Crippen LogP contribution is -2.57. The molecular weight excluding hydrogens is 326 g/mol. The number of amides is 2. The number of para-hydroxylation sites is 1. The number of piperidine rings is 2. The lowest BCUT2D eigenvalue weighted by molar-refractivity contribution is -0.140. The van der Waals surface area contributed by atoms with E-state index in [4.69, 9.17) is 0 Å². The first-order chi connectivity index (χ1) is 12.7. The summed E-state index contributed by atoms with van der Waals surface area (Å²) in [6.07, 6.45) is 3.35. The average Bonchev–Trinajstić information content (AvgIpc) is 2.69. The van der Waals surface area contributed by atoms with Crippen LogP contribution in [0.3, 0.4) is 0 Å². The molecule has 2 saturated heterocycles. The van der Waals surface area contributed by atoms with Crippen LogP contribution in [0.1, 0.15) is 43.1 Å². The molecule has 3 heterocycles. The number of aromatic nitrogens is 1. The molecule has 0 N–H and O–H groups in total. The first kappa shape index (κ1) is 17.0. The summed E-state index contributed by atoms with van der Waals surface area (Å²) in [6, 6.07) is 11.9. The van der Waals surface area contributed by atoms with Gasteiger partial charge in [0.05, 0.1) is 5.52 Å². The van der Waals surface area contributed by atoms with Crippen molar-refractivity contribution in [3.8, 4) is 0 Å². The smallest absolute Gasteiger partial charge is 0.272 e.